The highest BCUT2D eigenvalue weighted by atomic mass is 16.7. The second-order valence-corrected chi connectivity index (χ2v) is 7.27. The normalized spacial score (nSPS) is 20.0. The zero-order valence-corrected chi connectivity index (χ0v) is 15.6. The summed E-state index contributed by atoms with van der Waals surface area (Å²) in [7, 11) is 0. The van der Waals surface area contributed by atoms with Gasteiger partial charge in [-0.1, -0.05) is 52.4 Å². The number of hydrogen-bond donors (Lipinski definition) is 1. The predicted molar refractivity (Wildman–Crippen MR) is 92.8 cm³/mol. The number of unbranched alkanes of at least 4 members (excludes halogenated alkanes) is 1. The van der Waals surface area contributed by atoms with Gasteiger partial charge in [0.1, 0.15) is 0 Å². The third kappa shape index (κ3) is 8.36. The molecular weight excluding hydrogens is 324 g/mol. The molecule has 0 saturated carbocycles. The lowest BCUT2D eigenvalue weighted by atomic mass is 10.0. The number of esters is 2. The smallest absolute Gasteiger partial charge is 0.390 e. The fourth-order valence-electron chi connectivity index (χ4n) is 2.94. The average molecular weight is 356 g/mol. The lowest BCUT2D eigenvalue weighted by molar-refractivity contribution is -0.239. The van der Waals surface area contributed by atoms with Crippen molar-refractivity contribution in [2.45, 2.75) is 96.7 Å². The lowest BCUT2D eigenvalue weighted by Gasteiger charge is -2.29. The molecule has 0 spiro atoms. The van der Waals surface area contributed by atoms with E-state index in [1.165, 1.54) is 0 Å². The molecular formula is C19H32O6. The van der Waals surface area contributed by atoms with Crippen molar-refractivity contribution in [3.8, 4) is 0 Å². The number of carboxylic acids is 1. The van der Waals surface area contributed by atoms with Crippen molar-refractivity contribution >= 4 is 17.9 Å². The van der Waals surface area contributed by atoms with E-state index in [-0.39, 0.29) is 19.3 Å². The first-order valence-electron chi connectivity index (χ1n) is 9.53. The van der Waals surface area contributed by atoms with Crippen LogP contribution in [0.1, 0.15) is 90.9 Å². The zero-order valence-electron chi connectivity index (χ0n) is 15.6. The average Bonchev–Trinajstić information content (AvgIpc) is 2.54. The van der Waals surface area contributed by atoms with Crippen LogP contribution in [-0.2, 0) is 23.9 Å². The molecule has 6 nitrogen and oxygen atoms in total. The van der Waals surface area contributed by atoms with Crippen LogP contribution in [0.3, 0.4) is 0 Å². The SMILES string of the molecule is CC(C)CCCCC1(C(=O)O)OC(=O)CCCCCCCCC(=O)O1. The van der Waals surface area contributed by atoms with Gasteiger partial charge in [-0.3, -0.25) is 9.59 Å². The molecule has 25 heavy (non-hydrogen) atoms. The maximum absolute atomic E-state index is 12.1. The van der Waals surface area contributed by atoms with E-state index >= 15 is 0 Å². The fraction of sp³-hybridized carbons (Fsp3) is 0.842. The molecule has 0 bridgehead atoms. The van der Waals surface area contributed by atoms with Gasteiger partial charge in [0.15, 0.2) is 0 Å². The molecule has 0 aromatic heterocycles. The van der Waals surface area contributed by atoms with Crippen molar-refractivity contribution in [1.82, 2.24) is 0 Å². The zero-order chi connectivity index (χ0) is 18.7. The molecule has 0 radical (unpaired) electrons. The summed E-state index contributed by atoms with van der Waals surface area (Å²) in [5, 5.41) is 9.64. The van der Waals surface area contributed by atoms with Gasteiger partial charge in [-0.05, 0) is 25.2 Å². The number of cyclic esters (lactones) is 2. The van der Waals surface area contributed by atoms with Gasteiger partial charge >= 0.3 is 23.7 Å². The molecule has 0 aromatic carbocycles. The van der Waals surface area contributed by atoms with Gasteiger partial charge in [0.2, 0.25) is 0 Å². The van der Waals surface area contributed by atoms with Crippen LogP contribution in [0.5, 0.6) is 0 Å². The first-order chi connectivity index (χ1) is 11.9. The maximum Gasteiger partial charge on any atom is 0.390 e. The van der Waals surface area contributed by atoms with Gasteiger partial charge in [0.25, 0.3) is 0 Å². The van der Waals surface area contributed by atoms with Crippen LogP contribution < -0.4 is 0 Å². The van der Waals surface area contributed by atoms with Crippen LogP contribution in [-0.4, -0.2) is 28.8 Å². The summed E-state index contributed by atoms with van der Waals surface area (Å²) in [6, 6.07) is 0. The van der Waals surface area contributed by atoms with E-state index in [9.17, 15) is 19.5 Å². The van der Waals surface area contributed by atoms with Crippen molar-refractivity contribution < 1.29 is 29.0 Å². The van der Waals surface area contributed by atoms with Gasteiger partial charge in [0.05, 0.1) is 0 Å². The monoisotopic (exact) mass is 356 g/mol. The van der Waals surface area contributed by atoms with Gasteiger partial charge in [0, 0.05) is 19.3 Å². The lowest BCUT2D eigenvalue weighted by Crippen LogP contribution is -2.47. The first kappa shape index (κ1) is 21.5. The van der Waals surface area contributed by atoms with E-state index in [2.05, 4.69) is 13.8 Å². The molecule has 1 rings (SSSR count). The molecule has 6 heteroatoms. The number of ether oxygens (including phenoxy) is 2. The second kappa shape index (κ2) is 11.1. The summed E-state index contributed by atoms with van der Waals surface area (Å²) < 4.78 is 10.4. The highest BCUT2D eigenvalue weighted by molar-refractivity contribution is 5.83. The van der Waals surface area contributed by atoms with E-state index in [4.69, 9.17) is 9.47 Å². The molecule has 1 aliphatic rings. The minimum atomic E-state index is -2.18. The van der Waals surface area contributed by atoms with Crippen molar-refractivity contribution in [1.29, 1.82) is 0 Å². The summed E-state index contributed by atoms with van der Waals surface area (Å²) in [6.45, 7) is 4.18. The Morgan fingerprint density at radius 1 is 0.960 bits per heavy atom. The van der Waals surface area contributed by atoms with E-state index in [0.29, 0.717) is 25.2 Å². The predicted octanol–water partition coefficient (Wildman–Crippen LogP) is 4.20. The molecule has 0 aromatic rings. The van der Waals surface area contributed by atoms with Crippen LogP contribution in [0.15, 0.2) is 0 Å². The van der Waals surface area contributed by atoms with Crippen molar-refractivity contribution in [2.75, 3.05) is 0 Å². The summed E-state index contributed by atoms with van der Waals surface area (Å²) in [5.41, 5.74) is 0. The Balaban J connectivity index is 2.84. The molecule has 0 aliphatic carbocycles. The standard InChI is InChI=1S/C19H32O6/c1-15(2)11-9-10-14-19(18(22)23)24-16(20)12-7-5-3-4-6-8-13-17(21)25-19/h15H,3-14H2,1-2H3,(H,22,23). The highest BCUT2D eigenvalue weighted by Crippen LogP contribution is 2.26. The molecule has 144 valence electrons. The summed E-state index contributed by atoms with van der Waals surface area (Å²) in [4.78, 5) is 36.0. The molecule has 1 N–H and O–H groups in total. The van der Waals surface area contributed by atoms with E-state index in [1.807, 2.05) is 0 Å². The number of hydrogen-bond acceptors (Lipinski definition) is 5. The quantitative estimate of drug-likeness (QED) is 0.566. The third-order valence-electron chi connectivity index (χ3n) is 4.43. The van der Waals surface area contributed by atoms with Gasteiger partial charge in [-0.15, -0.1) is 0 Å². The number of carbonyl (C=O) groups is 3. The summed E-state index contributed by atoms with van der Waals surface area (Å²) in [5.74, 6) is -4.31. The van der Waals surface area contributed by atoms with Crippen LogP contribution >= 0.6 is 0 Å². The number of carbonyl (C=O) groups excluding carboxylic acids is 2. The maximum atomic E-state index is 12.1. The minimum Gasteiger partial charge on any atom is -0.475 e. The number of aliphatic carboxylic acids is 1. The summed E-state index contributed by atoms with van der Waals surface area (Å²) >= 11 is 0. The topological polar surface area (TPSA) is 89.9 Å². The van der Waals surface area contributed by atoms with E-state index < -0.39 is 23.7 Å². The Labute approximate surface area is 150 Å². The fourth-order valence-corrected chi connectivity index (χ4v) is 2.94. The molecule has 0 atom stereocenters. The Kier molecular flexibility index (Phi) is 9.53. The van der Waals surface area contributed by atoms with Crippen LogP contribution in [0.25, 0.3) is 0 Å². The van der Waals surface area contributed by atoms with Crippen LogP contribution in [0.4, 0.5) is 0 Å². The molecule has 1 aliphatic heterocycles. The first-order valence-corrected chi connectivity index (χ1v) is 9.53. The largest absolute Gasteiger partial charge is 0.475 e. The Morgan fingerprint density at radius 3 is 1.88 bits per heavy atom. The van der Waals surface area contributed by atoms with Crippen molar-refractivity contribution in [3.05, 3.63) is 0 Å². The van der Waals surface area contributed by atoms with Crippen molar-refractivity contribution in [2.24, 2.45) is 5.92 Å². The van der Waals surface area contributed by atoms with Gasteiger partial charge < -0.3 is 14.6 Å². The molecule has 0 unspecified atom stereocenters. The number of carboxylic acid groups (broad SMARTS) is 1. The Morgan fingerprint density at radius 2 is 1.44 bits per heavy atom. The summed E-state index contributed by atoms with van der Waals surface area (Å²) in [6.07, 6.45) is 7.68. The van der Waals surface area contributed by atoms with E-state index in [1.54, 1.807) is 0 Å². The number of rotatable bonds is 6. The third-order valence-corrected chi connectivity index (χ3v) is 4.43. The van der Waals surface area contributed by atoms with Gasteiger partial charge in [-0.25, -0.2) is 4.79 Å². The molecule has 0 amide bonds. The molecule has 1 fully saturated rings. The molecule has 1 saturated heterocycles. The second-order valence-electron chi connectivity index (χ2n) is 7.27. The minimum absolute atomic E-state index is 0.00741. The van der Waals surface area contributed by atoms with Crippen LogP contribution in [0, 0.1) is 5.92 Å². The highest BCUT2D eigenvalue weighted by Gasteiger charge is 2.46. The Bertz CT molecular complexity index is 419. The van der Waals surface area contributed by atoms with Gasteiger partial charge in [-0.2, -0.15) is 0 Å². The van der Waals surface area contributed by atoms with Crippen LogP contribution in [0.2, 0.25) is 0 Å². The van der Waals surface area contributed by atoms with E-state index in [0.717, 1.165) is 38.5 Å². The van der Waals surface area contributed by atoms with Crippen molar-refractivity contribution in [3.63, 3.8) is 0 Å². The Hall–Kier alpha value is -1.59. The molecule has 1 heterocycles.